The van der Waals surface area contributed by atoms with Crippen LogP contribution in [-0.4, -0.2) is 24.5 Å². The monoisotopic (exact) mass is 278 g/mol. The summed E-state index contributed by atoms with van der Waals surface area (Å²) in [5.41, 5.74) is 0. The van der Waals surface area contributed by atoms with Crippen molar-refractivity contribution in [3.63, 3.8) is 0 Å². The molecule has 1 aliphatic carbocycles. The van der Waals surface area contributed by atoms with E-state index in [0.717, 1.165) is 18.9 Å². The van der Waals surface area contributed by atoms with Crippen LogP contribution in [0.4, 0.5) is 0 Å². The zero-order valence-corrected chi connectivity index (χ0v) is 12.7. The van der Waals surface area contributed by atoms with Crippen LogP contribution in [0.25, 0.3) is 0 Å². The van der Waals surface area contributed by atoms with Crippen molar-refractivity contribution in [1.82, 2.24) is 10.6 Å². The van der Waals surface area contributed by atoms with Crippen molar-refractivity contribution in [2.45, 2.75) is 82.7 Å². The molecule has 3 rings (SSSR count). The van der Waals surface area contributed by atoms with Crippen molar-refractivity contribution in [3.8, 4) is 0 Å². The second-order valence-corrected chi connectivity index (χ2v) is 7.32. The number of amides is 1. The highest BCUT2D eigenvalue weighted by Crippen LogP contribution is 2.32. The maximum absolute atomic E-state index is 12.1. The number of nitrogens with one attached hydrogen (secondary N) is 2. The molecule has 0 radical (unpaired) electrons. The van der Waals surface area contributed by atoms with Crippen LogP contribution in [0, 0.1) is 11.8 Å². The average Bonchev–Trinajstić information content (AvgIpc) is 2.79. The fourth-order valence-electron chi connectivity index (χ4n) is 4.57. The predicted octanol–water partition coefficient (Wildman–Crippen LogP) is 2.99. The van der Waals surface area contributed by atoms with E-state index in [0.29, 0.717) is 23.9 Å². The van der Waals surface area contributed by atoms with E-state index in [9.17, 15) is 4.79 Å². The third-order valence-corrected chi connectivity index (χ3v) is 5.64. The summed E-state index contributed by atoms with van der Waals surface area (Å²) in [6, 6.07) is 1.41. The van der Waals surface area contributed by atoms with Gasteiger partial charge >= 0.3 is 0 Å². The van der Waals surface area contributed by atoms with E-state index in [4.69, 9.17) is 0 Å². The lowest BCUT2D eigenvalue weighted by molar-refractivity contribution is -0.122. The second-order valence-electron chi connectivity index (χ2n) is 7.32. The molecule has 3 heteroatoms. The molecular formula is C17H30N2O. The SMILES string of the molecule is O=C(CC1CC2CCC(C1)N2)NCCC1CCCCC1. The van der Waals surface area contributed by atoms with Gasteiger partial charge in [0.2, 0.25) is 5.91 Å². The van der Waals surface area contributed by atoms with Crippen molar-refractivity contribution in [1.29, 1.82) is 0 Å². The van der Waals surface area contributed by atoms with Gasteiger partial charge in [0.1, 0.15) is 0 Å². The molecule has 2 unspecified atom stereocenters. The molecule has 2 heterocycles. The van der Waals surface area contributed by atoms with Crippen molar-refractivity contribution < 1.29 is 4.79 Å². The molecule has 3 aliphatic rings. The summed E-state index contributed by atoms with van der Waals surface area (Å²) < 4.78 is 0. The molecule has 0 spiro atoms. The Bertz CT molecular complexity index is 313. The molecule has 20 heavy (non-hydrogen) atoms. The Hall–Kier alpha value is -0.570. The van der Waals surface area contributed by atoms with Gasteiger partial charge in [-0.1, -0.05) is 32.1 Å². The Kier molecular flexibility index (Phi) is 4.98. The highest BCUT2D eigenvalue weighted by Gasteiger charge is 2.34. The maximum atomic E-state index is 12.1. The molecule has 1 saturated carbocycles. The summed E-state index contributed by atoms with van der Waals surface area (Å²) in [5.74, 6) is 1.80. The maximum Gasteiger partial charge on any atom is 0.220 e. The number of carbonyl (C=O) groups excluding carboxylic acids is 1. The molecule has 2 aliphatic heterocycles. The van der Waals surface area contributed by atoms with Gasteiger partial charge in [-0.15, -0.1) is 0 Å². The molecule has 2 atom stereocenters. The fourth-order valence-corrected chi connectivity index (χ4v) is 4.57. The Morgan fingerprint density at radius 3 is 2.35 bits per heavy atom. The van der Waals surface area contributed by atoms with Gasteiger partial charge in [-0.25, -0.2) is 0 Å². The number of hydrogen-bond donors (Lipinski definition) is 2. The molecule has 3 nitrogen and oxygen atoms in total. The zero-order chi connectivity index (χ0) is 13.8. The van der Waals surface area contributed by atoms with Crippen molar-refractivity contribution >= 4 is 5.91 Å². The number of carbonyl (C=O) groups is 1. The highest BCUT2D eigenvalue weighted by molar-refractivity contribution is 5.76. The molecule has 2 bridgehead atoms. The highest BCUT2D eigenvalue weighted by atomic mass is 16.1. The third kappa shape index (κ3) is 3.97. The van der Waals surface area contributed by atoms with Crippen molar-refractivity contribution in [3.05, 3.63) is 0 Å². The van der Waals surface area contributed by atoms with Crippen LogP contribution < -0.4 is 10.6 Å². The quantitative estimate of drug-likeness (QED) is 0.811. The average molecular weight is 278 g/mol. The van der Waals surface area contributed by atoms with Gasteiger partial charge in [0.15, 0.2) is 0 Å². The summed E-state index contributed by atoms with van der Waals surface area (Å²) >= 11 is 0. The molecular weight excluding hydrogens is 248 g/mol. The largest absolute Gasteiger partial charge is 0.356 e. The Labute approximate surface area is 123 Å². The van der Waals surface area contributed by atoms with Crippen LogP contribution in [0.3, 0.4) is 0 Å². The van der Waals surface area contributed by atoms with Gasteiger partial charge in [-0.3, -0.25) is 4.79 Å². The van der Waals surface area contributed by atoms with Crippen molar-refractivity contribution in [2.24, 2.45) is 11.8 Å². The minimum Gasteiger partial charge on any atom is -0.356 e. The van der Waals surface area contributed by atoms with Gasteiger partial charge in [-0.05, 0) is 43.9 Å². The molecule has 2 saturated heterocycles. The smallest absolute Gasteiger partial charge is 0.220 e. The Morgan fingerprint density at radius 1 is 0.950 bits per heavy atom. The first kappa shape index (κ1) is 14.4. The van der Waals surface area contributed by atoms with E-state index in [1.165, 1.54) is 64.2 Å². The fraction of sp³-hybridized carbons (Fsp3) is 0.941. The predicted molar refractivity (Wildman–Crippen MR) is 81.5 cm³/mol. The van der Waals surface area contributed by atoms with E-state index < -0.39 is 0 Å². The first-order valence-corrected chi connectivity index (χ1v) is 8.82. The van der Waals surface area contributed by atoms with E-state index in [1.807, 2.05) is 0 Å². The number of fused-ring (bicyclic) bond motifs is 2. The van der Waals surface area contributed by atoms with Gasteiger partial charge < -0.3 is 10.6 Å². The normalized spacial score (nSPS) is 34.1. The molecule has 3 fully saturated rings. The number of rotatable bonds is 5. The lowest BCUT2D eigenvalue weighted by Gasteiger charge is -2.28. The lowest BCUT2D eigenvalue weighted by Crippen LogP contribution is -2.39. The van der Waals surface area contributed by atoms with Gasteiger partial charge in [0.25, 0.3) is 0 Å². The number of piperidine rings is 1. The topological polar surface area (TPSA) is 41.1 Å². The zero-order valence-electron chi connectivity index (χ0n) is 12.7. The Morgan fingerprint density at radius 2 is 1.65 bits per heavy atom. The second kappa shape index (κ2) is 6.93. The molecule has 1 amide bonds. The third-order valence-electron chi connectivity index (χ3n) is 5.64. The standard InChI is InChI=1S/C17H30N2O/c20-17(18-9-8-13-4-2-1-3-5-13)12-14-10-15-6-7-16(11-14)19-15/h13-16,19H,1-12H2,(H,18,20). The van der Waals surface area contributed by atoms with E-state index in [-0.39, 0.29) is 0 Å². The molecule has 0 aromatic carbocycles. The summed E-state index contributed by atoms with van der Waals surface area (Å²) in [6.45, 7) is 0.904. The molecule has 0 aromatic heterocycles. The first-order chi connectivity index (χ1) is 9.79. The van der Waals surface area contributed by atoms with E-state index >= 15 is 0 Å². The molecule has 2 N–H and O–H groups in total. The van der Waals surface area contributed by atoms with Crippen LogP contribution in [0.15, 0.2) is 0 Å². The Balaban J connectivity index is 1.31. The summed E-state index contributed by atoms with van der Waals surface area (Å²) in [6.07, 6.45) is 14.0. The minimum absolute atomic E-state index is 0.298. The van der Waals surface area contributed by atoms with E-state index in [1.54, 1.807) is 0 Å². The summed E-state index contributed by atoms with van der Waals surface area (Å²) in [5, 5.41) is 6.82. The van der Waals surface area contributed by atoms with Gasteiger partial charge in [0, 0.05) is 25.0 Å². The van der Waals surface area contributed by atoms with Crippen LogP contribution in [-0.2, 0) is 4.79 Å². The first-order valence-electron chi connectivity index (χ1n) is 8.82. The molecule has 0 aromatic rings. The summed E-state index contributed by atoms with van der Waals surface area (Å²) in [7, 11) is 0. The molecule has 114 valence electrons. The number of hydrogen-bond acceptors (Lipinski definition) is 2. The van der Waals surface area contributed by atoms with Crippen molar-refractivity contribution in [2.75, 3.05) is 6.54 Å². The van der Waals surface area contributed by atoms with Crippen LogP contribution in [0.2, 0.25) is 0 Å². The minimum atomic E-state index is 0.298. The van der Waals surface area contributed by atoms with Crippen LogP contribution in [0.1, 0.15) is 70.6 Å². The lowest BCUT2D eigenvalue weighted by atomic mass is 9.87. The van der Waals surface area contributed by atoms with Crippen LogP contribution in [0.5, 0.6) is 0 Å². The van der Waals surface area contributed by atoms with Gasteiger partial charge in [-0.2, -0.15) is 0 Å². The van der Waals surface area contributed by atoms with Crippen LogP contribution >= 0.6 is 0 Å². The summed E-state index contributed by atoms with van der Waals surface area (Å²) in [4.78, 5) is 12.1. The van der Waals surface area contributed by atoms with E-state index in [2.05, 4.69) is 10.6 Å². The van der Waals surface area contributed by atoms with Gasteiger partial charge in [0.05, 0.1) is 0 Å².